The van der Waals surface area contributed by atoms with Gasteiger partial charge in [-0.15, -0.1) is 0 Å². The van der Waals surface area contributed by atoms with Crippen molar-refractivity contribution in [2.75, 3.05) is 0 Å². The zero-order valence-electron chi connectivity index (χ0n) is 11.7. The molecular formula is C15H22OSi2. The molecule has 0 amide bonds. The van der Waals surface area contributed by atoms with Crippen molar-refractivity contribution >= 4 is 21.8 Å². The number of hydrogen-bond donors (Lipinski definition) is 0. The van der Waals surface area contributed by atoms with E-state index in [9.17, 15) is 0 Å². The van der Waals surface area contributed by atoms with Crippen molar-refractivity contribution in [3.05, 3.63) is 53.8 Å². The van der Waals surface area contributed by atoms with Gasteiger partial charge in [-0.1, -0.05) is 53.8 Å². The van der Waals surface area contributed by atoms with E-state index in [0.717, 1.165) is 6.42 Å². The molecule has 0 aliphatic heterocycles. The fraction of sp³-hybridized carbons (Fsp3) is 0.333. The Balaban J connectivity index is 2.17. The van der Waals surface area contributed by atoms with Crippen molar-refractivity contribution in [2.24, 2.45) is 0 Å². The highest BCUT2D eigenvalue weighted by Crippen LogP contribution is 2.27. The van der Waals surface area contributed by atoms with Crippen molar-refractivity contribution in [3.63, 3.8) is 0 Å². The molecule has 1 aliphatic rings. The smallest absolute Gasteiger partial charge is 0.206 e. The Hall–Kier alpha value is -0.906. The summed E-state index contributed by atoms with van der Waals surface area (Å²) >= 11 is 0. The van der Waals surface area contributed by atoms with E-state index in [1.165, 1.54) is 10.4 Å². The van der Waals surface area contributed by atoms with Crippen LogP contribution in [0.15, 0.2) is 53.8 Å². The zero-order valence-corrected chi connectivity index (χ0v) is 13.7. The Kier molecular flexibility index (Phi) is 3.75. The third kappa shape index (κ3) is 2.91. The summed E-state index contributed by atoms with van der Waals surface area (Å²) in [4.78, 5) is 0. The predicted molar refractivity (Wildman–Crippen MR) is 84.0 cm³/mol. The number of hydrogen-bond acceptors (Lipinski definition) is 1. The van der Waals surface area contributed by atoms with Crippen molar-refractivity contribution in [1.29, 1.82) is 0 Å². The van der Waals surface area contributed by atoms with E-state index in [4.69, 9.17) is 4.12 Å². The summed E-state index contributed by atoms with van der Waals surface area (Å²) < 4.78 is 6.66. The number of benzene rings is 1. The van der Waals surface area contributed by atoms with E-state index in [2.05, 4.69) is 74.7 Å². The second-order valence-corrected chi connectivity index (χ2v) is 13.9. The molecule has 2 rings (SSSR count). The topological polar surface area (TPSA) is 9.23 Å². The van der Waals surface area contributed by atoms with Gasteiger partial charge in [0.05, 0.1) is 0 Å². The molecule has 0 bridgehead atoms. The van der Waals surface area contributed by atoms with Gasteiger partial charge in [0.1, 0.15) is 0 Å². The van der Waals surface area contributed by atoms with Crippen LogP contribution in [0.4, 0.5) is 0 Å². The van der Waals surface area contributed by atoms with E-state index >= 15 is 0 Å². The highest BCUT2D eigenvalue weighted by molar-refractivity contribution is 6.94. The van der Waals surface area contributed by atoms with Gasteiger partial charge in [-0.3, -0.25) is 0 Å². The third-order valence-corrected chi connectivity index (χ3v) is 11.2. The fourth-order valence-corrected chi connectivity index (χ4v) is 10.7. The van der Waals surface area contributed by atoms with Gasteiger partial charge in [0, 0.05) is 0 Å². The van der Waals surface area contributed by atoms with Gasteiger partial charge in [0.15, 0.2) is 0 Å². The first-order valence-electron chi connectivity index (χ1n) is 6.54. The van der Waals surface area contributed by atoms with Crippen LogP contribution in [0.3, 0.4) is 0 Å². The van der Waals surface area contributed by atoms with Crippen LogP contribution in [0.1, 0.15) is 6.42 Å². The lowest BCUT2D eigenvalue weighted by Gasteiger charge is -2.35. The maximum absolute atomic E-state index is 6.66. The van der Waals surface area contributed by atoms with Crippen molar-refractivity contribution in [1.82, 2.24) is 0 Å². The minimum atomic E-state index is -1.79. The molecule has 0 atom stereocenters. The Morgan fingerprint density at radius 2 is 1.61 bits per heavy atom. The van der Waals surface area contributed by atoms with Crippen molar-refractivity contribution in [3.8, 4) is 0 Å². The van der Waals surface area contributed by atoms with Gasteiger partial charge in [-0.25, -0.2) is 0 Å². The monoisotopic (exact) mass is 274 g/mol. The van der Waals surface area contributed by atoms with E-state index in [1.54, 1.807) is 0 Å². The largest absolute Gasteiger partial charge is 0.449 e. The molecule has 3 heteroatoms. The normalized spacial score (nSPS) is 15.9. The Morgan fingerprint density at radius 1 is 0.944 bits per heavy atom. The summed E-state index contributed by atoms with van der Waals surface area (Å²) in [6.07, 6.45) is 7.72. The molecule has 1 aliphatic carbocycles. The molecule has 0 aromatic heterocycles. The molecule has 0 spiro atoms. The molecule has 0 radical (unpaired) electrons. The summed E-state index contributed by atoms with van der Waals surface area (Å²) in [5, 5.41) is 2.90. The van der Waals surface area contributed by atoms with Gasteiger partial charge in [0.25, 0.3) is 0 Å². The Bertz CT molecular complexity index is 473. The standard InChI is InChI=1S/C15H22OSi2/c1-17(2,14-10-6-5-7-11-14)16-18(3,4)15-12-8-9-13-15/h5-12H,13H2,1-4H3. The van der Waals surface area contributed by atoms with Crippen LogP contribution in [-0.2, 0) is 4.12 Å². The lowest BCUT2D eigenvalue weighted by Crippen LogP contribution is -2.53. The molecule has 0 fully saturated rings. The average molecular weight is 275 g/mol. The Labute approximate surface area is 112 Å². The van der Waals surface area contributed by atoms with Crippen LogP contribution in [0.5, 0.6) is 0 Å². The summed E-state index contributed by atoms with van der Waals surface area (Å²) in [6.45, 7) is 9.26. The first-order chi connectivity index (χ1) is 8.42. The number of allylic oxidation sites excluding steroid dienone is 4. The fourth-order valence-electron chi connectivity index (χ4n) is 2.50. The van der Waals surface area contributed by atoms with Crippen LogP contribution in [0.25, 0.3) is 0 Å². The minimum Gasteiger partial charge on any atom is -0.449 e. The van der Waals surface area contributed by atoms with Gasteiger partial charge in [-0.05, 0) is 37.8 Å². The van der Waals surface area contributed by atoms with Gasteiger partial charge >= 0.3 is 0 Å². The molecular weight excluding hydrogens is 252 g/mol. The summed E-state index contributed by atoms with van der Waals surface area (Å²) in [6, 6.07) is 10.7. The predicted octanol–water partition coefficient (Wildman–Crippen LogP) is 3.75. The van der Waals surface area contributed by atoms with E-state index < -0.39 is 16.6 Å². The second kappa shape index (κ2) is 4.99. The summed E-state index contributed by atoms with van der Waals surface area (Å²) in [5.74, 6) is 0. The lowest BCUT2D eigenvalue weighted by atomic mass is 10.4. The highest BCUT2D eigenvalue weighted by atomic mass is 28.4. The van der Waals surface area contributed by atoms with E-state index in [0.29, 0.717) is 0 Å². The molecule has 0 N–H and O–H groups in total. The average Bonchev–Trinajstić information content (AvgIpc) is 2.83. The highest BCUT2D eigenvalue weighted by Gasteiger charge is 2.36. The summed E-state index contributed by atoms with van der Waals surface area (Å²) in [7, 11) is -3.52. The quantitative estimate of drug-likeness (QED) is 0.760. The molecule has 0 unspecified atom stereocenters. The van der Waals surface area contributed by atoms with Crippen molar-refractivity contribution in [2.45, 2.75) is 32.6 Å². The first kappa shape index (κ1) is 13.5. The van der Waals surface area contributed by atoms with E-state index in [1.807, 2.05) is 0 Å². The second-order valence-electron chi connectivity index (χ2n) is 5.81. The molecule has 0 heterocycles. The number of rotatable bonds is 4. The van der Waals surface area contributed by atoms with Crippen LogP contribution in [0, 0.1) is 0 Å². The first-order valence-corrected chi connectivity index (χ1v) is 12.4. The molecule has 18 heavy (non-hydrogen) atoms. The molecule has 1 aromatic rings. The third-order valence-electron chi connectivity index (χ3n) is 3.52. The van der Waals surface area contributed by atoms with Crippen LogP contribution in [-0.4, -0.2) is 16.6 Å². The molecule has 0 saturated heterocycles. The summed E-state index contributed by atoms with van der Waals surface area (Å²) in [5.41, 5.74) is 0. The van der Waals surface area contributed by atoms with Gasteiger partial charge in [-0.2, -0.15) is 0 Å². The lowest BCUT2D eigenvalue weighted by molar-refractivity contribution is 0.566. The van der Waals surface area contributed by atoms with Crippen LogP contribution < -0.4 is 5.19 Å². The van der Waals surface area contributed by atoms with Gasteiger partial charge in [0.2, 0.25) is 16.6 Å². The van der Waals surface area contributed by atoms with Crippen molar-refractivity contribution < 1.29 is 4.12 Å². The van der Waals surface area contributed by atoms with E-state index in [-0.39, 0.29) is 0 Å². The Morgan fingerprint density at radius 3 is 2.17 bits per heavy atom. The molecule has 1 aromatic carbocycles. The SMILES string of the molecule is C[Si](C)(O[Si](C)(C)c1ccccc1)C1=CC=CC1. The maximum Gasteiger partial charge on any atom is 0.206 e. The minimum absolute atomic E-state index is 1.08. The maximum atomic E-state index is 6.66. The molecule has 1 nitrogen and oxygen atoms in total. The van der Waals surface area contributed by atoms with Crippen LogP contribution in [0.2, 0.25) is 26.2 Å². The van der Waals surface area contributed by atoms with Crippen LogP contribution >= 0.6 is 0 Å². The zero-order chi connectivity index (χ0) is 13.2. The molecule has 0 saturated carbocycles. The van der Waals surface area contributed by atoms with Gasteiger partial charge < -0.3 is 4.12 Å². The molecule has 96 valence electrons.